The summed E-state index contributed by atoms with van der Waals surface area (Å²) in [5.74, 6) is -1.22. The van der Waals surface area contributed by atoms with Gasteiger partial charge in [-0.2, -0.15) is 13.2 Å². The Morgan fingerprint density at radius 1 is 1.32 bits per heavy atom. The fourth-order valence-electron chi connectivity index (χ4n) is 1.90. The molecule has 6 nitrogen and oxygen atoms in total. The molecule has 3 aromatic heterocycles. The molecule has 0 aliphatic carbocycles. The van der Waals surface area contributed by atoms with Crippen LogP contribution in [-0.2, 0) is 6.18 Å². The highest BCUT2D eigenvalue weighted by molar-refractivity contribution is 5.76. The van der Waals surface area contributed by atoms with Gasteiger partial charge in [-0.3, -0.25) is 0 Å². The highest BCUT2D eigenvalue weighted by Gasteiger charge is 2.38. The van der Waals surface area contributed by atoms with Crippen LogP contribution in [0, 0.1) is 0 Å². The van der Waals surface area contributed by atoms with E-state index in [1.54, 1.807) is 13.0 Å². The Hall–Kier alpha value is -2.71. The maximum absolute atomic E-state index is 13.1. The van der Waals surface area contributed by atoms with Crippen molar-refractivity contribution in [1.29, 1.82) is 0 Å². The van der Waals surface area contributed by atoms with Gasteiger partial charge in [-0.1, -0.05) is 6.58 Å². The number of alkyl halides is 3. The van der Waals surface area contributed by atoms with E-state index in [4.69, 9.17) is 4.74 Å². The standard InChI is InChI=1S/C13H10F3N5O/c1-7(2)6-22-11-10-19-20-12(13(14,15)16)21(10)9-8(18-11)4-3-5-17-9/h3-5H,1,6H2,2H3. The molecule has 0 saturated heterocycles. The summed E-state index contributed by atoms with van der Waals surface area (Å²) in [5.41, 5.74) is 0.816. The van der Waals surface area contributed by atoms with E-state index in [0.29, 0.717) is 5.57 Å². The third-order valence-electron chi connectivity index (χ3n) is 2.76. The molecule has 0 aliphatic rings. The minimum Gasteiger partial charge on any atom is -0.470 e. The van der Waals surface area contributed by atoms with E-state index >= 15 is 0 Å². The number of hydrogen-bond donors (Lipinski definition) is 0. The van der Waals surface area contributed by atoms with Crippen molar-refractivity contribution in [3.8, 4) is 5.88 Å². The zero-order valence-electron chi connectivity index (χ0n) is 11.4. The average Bonchev–Trinajstić information content (AvgIpc) is 2.90. The molecule has 0 N–H and O–H groups in total. The Morgan fingerprint density at radius 3 is 2.77 bits per heavy atom. The first-order chi connectivity index (χ1) is 10.4. The van der Waals surface area contributed by atoms with Crippen LogP contribution >= 0.6 is 0 Å². The molecule has 114 valence electrons. The van der Waals surface area contributed by atoms with Crippen LogP contribution in [0.2, 0.25) is 0 Å². The van der Waals surface area contributed by atoms with Crippen LogP contribution < -0.4 is 4.74 Å². The Balaban J connectivity index is 2.32. The summed E-state index contributed by atoms with van der Waals surface area (Å²) < 4.78 is 45.5. The van der Waals surface area contributed by atoms with E-state index in [1.807, 2.05) is 0 Å². The van der Waals surface area contributed by atoms with Crippen LogP contribution in [0.1, 0.15) is 12.7 Å². The molecule has 0 spiro atoms. The number of fused-ring (bicyclic) bond motifs is 3. The van der Waals surface area contributed by atoms with Crippen molar-refractivity contribution in [1.82, 2.24) is 24.6 Å². The molecule has 9 heteroatoms. The van der Waals surface area contributed by atoms with Crippen LogP contribution in [0.15, 0.2) is 30.5 Å². The second-order valence-corrected chi connectivity index (χ2v) is 4.69. The minimum atomic E-state index is -4.67. The SMILES string of the molecule is C=C(C)COc1nc2cccnc2n2c(C(F)(F)F)nnc12. The topological polar surface area (TPSA) is 65.2 Å². The summed E-state index contributed by atoms with van der Waals surface area (Å²) >= 11 is 0. The lowest BCUT2D eigenvalue weighted by atomic mass is 10.4. The zero-order chi connectivity index (χ0) is 15.9. The first kappa shape index (κ1) is 14.2. The monoisotopic (exact) mass is 309 g/mol. The fraction of sp³-hybridized carbons (Fsp3) is 0.231. The van der Waals surface area contributed by atoms with Crippen LogP contribution in [0.25, 0.3) is 16.8 Å². The van der Waals surface area contributed by atoms with Crippen LogP contribution in [-0.4, -0.2) is 31.2 Å². The maximum Gasteiger partial charge on any atom is 0.452 e. The smallest absolute Gasteiger partial charge is 0.452 e. The first-order valence-electron chi connectivity index (χ1n) is 6.22. The van der Waals surface area contributed by atoms with Crippen LogP contribution in [0.5, 0.6) is 5.88 Å². The zero-order valence-corrected chi connectivity index (χ0v) is 11.4. The third-order valence-corrected chi connectivity index (χ3v) is 2.76. The predicted octanol–water partition coefficient (Wildman–Crippen LogP) is 2.65. The molecule has 3 rings (SSSR count). The van der Waals surface area contributed by atoms with Crippen molar-refractivity contribution >= 4 is 16.8 Å². The highest BCUT2D eigenvalue weighted by Crippen LogP contribution is 2.31. The second-order valence-electron chi connectivity index (χ2n) is 4.69. The average molecular weight is 309 g/mol. The summed E-state index contributed by atoms with van der Waals surface area (Å²) in [6.45, 7) is 5.51. The van der Waals surface area contributed by atoms with E-state index in [0.717, 1.165) is 4.40 Å². The van der Waals surface area contributed by atoms with E-state index in [9.17, 15) is 13.2 Å². The van der Waals surface area contributed by atoms with Crippen molar-refractivity contribution in [3.63, 3.8) is 0 Å². The summed E-state index contributed by atoms with van der Waals surface area (Å²) in [7, 11) is 0. The summed E-state index contributed by atoms with van der Waals surface area (Å²) in [4.78, 5) is 8.09. The summed E-state index contributed by atoms with van der Waals surface area (Å²) in [6, 6.07) is 3.11. The van der Waals surface area contributed by atoms with Gasteiger partial charge >= 0.3 is 6.18 Å². The van der Waals surface area contributed by atoms with Gasteiger partial charge in [-0.05, 0) is 24.6 Å². The molecule has 0 aliphatic heterocycles. The van der Waals surface area contributed by atoms with Gasteiger partial charge in [0.05, 0.1) is 0 Å². The van der Waals surface area contributed by atoms with Gasteiger partial charge in [-0.15, -0.1) is 10.2 Å². The fourth-order valence-corrected chi connectivity index (χ4v) is 1.90. The number of pyridine rings is 1. The predicted molar refractivity (Wildman–Crippen MR) is 71.4 cm³/mol. The van der Waals surface area contributed by atoms with E-state index in [1.165, 1.54) is 12.3 Å². The van der Waals surface area contributed by atoms with Gasteiger partial charge < -0.3 is 4.74 Å². The van der Waals surface area contributed by atoms with Crippen molar-refractivity contribution < 1.29 is 17.9 Å². The number of nitrogens with zero attached hydrogens (tertiary/aromatic N) is 5. The third kappa shape index (κ3) is 2.34. The van der Waals surface area contributed by atoms with Gasteiger partial charge in [0.2, 0.25) is 11.5 Å². The minimum absolute atomic E-state index is 0.0116. The maximum atomic E-state index is 13.1. The van der Waals surface area contributed by atoms with E-state index < -0.39 is 12.0 Å². The van der Waals surface area contributed by atoms with Crippen molar-refractivity contribution in [2.75, 3.05) is 6.61 Å². The van der Waals surface area contributed by atoms with Crippen molar-refractivity contribution in [3.05, 3.63) is 36.3 Å². The molecule has 0 radical (unpaired) electrons. The number of rotatable bonds is 3. The lowest BCUT2D eigenvalue weighted by molar-refractivity contribution is -0.145. The lowest BCUT2D eigenvalue weighted by Gasteiger charge is -2.09. The second kappa shape index (κ2) is 4.93. The van der Waals surface area contributed by atoms with Gasteiger partial charge in [0, 0.05) is 6.20 Å². The molecule has 3 heterocycles. The molecule has 0 bridgehead atoms. The first-order valence-corrected chi connectivity index (χ1v) is 6.22. The van der Waals surface area contributed by atoms with Gasteiger partial charge in [0.25, 0.3) is 5.88 Å². The molecular formula is C13H10F3N5O. The van der Waals surface area contributed by atoms with Crippen LogP contribution in [0.4, 0.5) is 13.2 Å². The number of hydrogen-bond acceptors (Lipinski definition) is 5. The van der Waals surface area contributed by atoms with Gasteiger partial charge in [0.15, 0.2) is 5.65 Å². The normalized spacial score (nSPS) is 12.0. The summed E-state index contributed by atoms with van der Waals surface area (Å²) in [5, 5.41) is 6.76. The van der Waals surface area contributed by atoms with Gasteiger partial charge in [-0.25, -0.2) is 14.4 Å². The molecule has 0 aromatic carbocycles. The quantitative estimate of drug-likeness (QED) is 0.696. The van der Waals surface area contributed by atoms with Gasteiger partial charge in [0.1, 0.15) is 12.1 Å². The largest absolute Gasteiger partial charge is 0.470 e. The Kier molecular flexibility index (Phi) is 3.19. The van der Waals surface area contributed by atoms with Crippen molar-refractivity contribution in [2.45, 2.75) is 13.1 Å². The molecular weight excluding hydrogens is 299 g/mol. The van der Waals surface area contributed by atoms with Crippen LogP contribution in [0.3, 0.4) is 0 Å². The number of aromatic nitrogens is 5. The highest BCUT2D eigenvalue weighted by atomic mass is 19.4. The Bertz CT molecular complexity index is 871. The number of ether oxygens (including phenoxy) is 1. The lowest BCUT2D eigenvalue weighted by Crippen LogP contribution is -2.12. The number of halogens is 3. The molecule has 0 fully saturated rings. The molecule has 0 amide bonds. The molecule has 22 heavy (non-hydrogen) atoms. The Labute approximate surface area is 122 Å². The molecule has 0 saturated carbocycles. The molecule has 0 unspecified atom stereocenters. The summed E-state index contributed by atoms with van der Waals surface area (Å²) in [6.07, 6.45) is -3.30. The Morgan fingerprint density at radius 2 is 2.09 bits per heavy atom. The van der Waals surface area contributed by atoms with E-state index in [2.05, 4.69) is 26.7 Å². The van der Waals surface area contributed by atoms with E-state index in [-0.39, 0.29) is 29.3 Å². The molecule has 3 aromatic rings. The molecule has 0 atom stereocenters. The van der Waals surface area contributed by atoms with Crippen molar-refractivity contribution in [2.24, 2.45) is 0 Å².